The third kappa shape index (κ3) is 5.21. The van der Waals surface area contributed by atoms with E-state index in [4.69, 9.17) is 4.74 Å². The first-order valence-electron chi connectivity index (χ1n) is 10.5. The highest BCUT2D eigenvalue weighted by atomic mass is 32.2. The van der Waals surface area contributed by atoms with Gasteiger partial charge in [-0.25, -0.2) is 21.1 Å². The van der Waals surface area contributed by atoms with Crippen molar-refractivity contribution in [3.8, 4) is 5.75 Å². The largest absolute Gasteiger partial charge is 0.495 e. The van der Waals surface area contributed by atoms with Gasteiger partial charge < -0.3 is 10.1 Å². The molecule has 0 aliphatic carbocycles. The summed E-state index contributed by atoms with van der Waals surface area (Å²) >= 11 is 0. The summed E-state index contributed by atoms with van der Waals surface area (Å²) in [5.41, 5.74) is 0.382. The zero-order chi connectivity index (χ0) is 24.4. The number of sulfonamides is 2. The van der Waals surface area contributed by atoms with E-state index in [-0.39, 0.29) is 32.8 Å². The molecule has 11 heteroatoms. The van der Waals surface area contributed by atoms with Crippen LogP contribution >= 0.6 is 0 Å². The van der Waals surface area contributed by atoms with Gasteiger partial charge in [0.2, 0.25) is 20.0 Å². The van der Waals surface area contributed by atoms with Crippen LogP contribution in [0.3, 0.4) is 0 Å². The van der Waals surface area contributed by atoms with Crippen LogP contribution in [0.2, 0.25) is 0 Å². The molecular weight excluding hydrogens is 466 g/mol. The highest BCUT2D eigenvalue weighted by Gasteiger charge is 2.33. The van der Waals surface area contributed by atoms with E-state index in [1.54, 1.807) is 6.07 Å². The summed E-state index contributed by atoms with van der Waals surface area (Å²) in [6.45, 7) is 2.28. The van der Waals surface area contributed by atoms with Crippen LogP contribution in [0.15, 0.2) is 52.3 Å². The highest BCUT2D eigenvalue weighted by Crippen LogP contribution is 2.32. The Labute approximate surface area is 195 Å². The quantitative estimate of drug-likeness (QED) is 0.632. The van der Waals surface area contributed by atoms with E-state index in [0.717, 1.165) is 23.6 Å². The number of carbonyl (C=O) groups is 1. The lowest BCUT2D eigenvalue weighted by Crippen LogP contribution is -2.42. The van der Waals surface area contributed by atoms with Crippen LogP contribution in [-0.2, 0) is 20.0 Å². The van der Waals surface area contributed by atoms with Crippen LogP contribution in [0.25, 0.3) is 0 Å². The number of nitrogens with zero attached hydrogens (tertiary/aromatic N) is 2. The Morgan fingerprint density at radius 3 is 2.45 bits per heavy atom. The van der Waals surface area contributed by atoms with E-state index < -0.39 is 26.0 Å². The number of methoxy groups -OCH3 is 1. The molecule has 1 atom stereocenters. The number of hydrogen-bond acceptors (Lipinski definition) is 6. The summed E-state index contributed by atoms with van der Waals surface area (Å²) in [4.78, 5) is 12.9. The molecular formula is C22H29N3O6S2. The average Bonchev–Trinajstić information content (AvgIpc) is 2.78. The van der Waals surface area contributed by atoms with Gasteiger partial charge in [0.25, 0.3) is 5.91 Å². The second-order valence-electron chi connectivity index (χ2n) is 8.10. The zero-order valence-corrected chi connectivity index (χ0v) is 20.7. The molecule has 0 radical (unpaired) electrons. The van der Waals surface area contributed by atoms with Crippen molar-refractivity contribution in [3.63, 3.8) is 0 Å². The summed E-state index contributed by atoms with van der Waals surface area (Å²) in [6.07, 6.45) is 2.52. The van der Waals surface area contributed by atoms with E-state index in [2.05, 4.69) is 5.32 Å². The molecule has 3 rings (SSSR count). The number of carbonyl (C=O) groups excluding carboxylic acids is 1. The molecule has 1 aliphatic rings. The summed E-state index contributed by atoms with van der Waals surface area (Å²) in [6, 6.07) is 9.93. The highest BCUT2D eigenvalue weighted by molar-refractivity contribution is 7.89. The molecule has 9 nitrogen and oxygen atoms in total. The van der Waals surface area contributed by atoms with Crippen molar-refractivity contribution in [2.45, 2.75) is 42.0 Å². The molecule has 1 N–H and O–H groups in total. The first-order chi connectivity index (χ1) is 15.5. The molecule has 1 amide bonds. The maximum atomic E-state index is 13.4. The molecule has 1 fully saturated rings. The third-order valence-corrected chi connectivity index (χ3v) is 9.47. The number of rotatable bonds is 7. The molecule has 0 spiro atoms. The monoisotopic (exact) mass is 495 g/mol. The van der Waals surface area contributed by atoms with Gasteiger partial charge in [-0.1, -0.05) is 12.5 Å². The van der Waals surface area contributed by atoms with E-state index in [1.807, 2.05) is 6.92 Å². The van der Waals surface area contributed by atoms with Crippen molar-refractivity contribution < 1.29 is 26.4 Å². The maximum Gasteiger partial charge on any atom is 0.255 e. The molecule has 180 valence electrons. The number of amides is 1. The fraction of sp³-hybridized carbons (Fsp3) is 0.409. The van der Waals surface area contributed by atoms with Crippen LogP contribution in [-0.4, -0.2) is 65.1 Å². The van der Waals surface area contributed by atoms with Crippen molar-refractivity contribution in [2.24, 2.45) is 0 Å². The molecule has 0 saturated carbocycles. The van der Waals surface area contributed by atoms with E-state index in [1.165, 1.54) is 61.9 Å². The average molecular weight is 496 g/mol. The van der Waals surface area contributed by atoms with Crippen molar-refractivity contribution in [1.82, 2.24) is 8.61 Å². The zero-order valence-electron chi connectivity index (χ0n) is 19.1. The van der Waals surface area contributed by atoms with Gasteiger partial charge in [0.15, 0.2) is 0 Å². The number of ether oxygens (including phenoxy) is 1. The normalized spacial score (nSPS) is 17.7. The fourth-order valence-corrected chi connectivity index (χ4v) is 6.55. The Balaban J connectivity index is 1.93. The van der Waals surface area contributed by atoms with Crippen molar-refractivity contribution >= 4 is 31.6 Å². The maximum absolute atomic E-state index is 13.4. The molecule has 1 heterocycles. The van der Waals surface area contributed by atoms with Crippen molar-refractivity contribution in [2.75, 3.05) is 33.1 Å². The molecule has 0 bridgehead atoms. The second-order valence-corrected chi connectivity index (χ2v) is 12.1. The van der Waals surface area contributed by atoms with Gasteiger partial charge in [-0.05, 0) is 56.2 Å². The van der Waals surface area contributed by atoms with E-state index in [0.29, 0.717) is 6.54 Å². The number of piperidine rings is 1. The molecule has 1 aliphatic heterocycles. The van der Waals surface area contributed by atoms with Crippen LogP contribution in [0.5, 0.6) is 5.75 Å². The summed E-state index contributed by atoms with van der Waals surface area (Å²) < 4.78 is 59.3. The predicted molar refractivity (Wildman–Crippen MR) is 125 cm³/mol. The van der Waals surface area contributed by atoms with Crippen LogP contribution in [0.4, 0.5) is 5.69 Å². The number of hydrogen-bond donors (Lipinski definition) is 1. The van der Waals surface area contributed by atoms with Crippen LogP contribution in [0, 0.1) is 0 Å². The lowest BCUT2D eigenvalue weighted by molar-refractivity contribution is 0.102. The van der Waals surface area contributed by atoms with E-state index in [9.17, 15) is 21.6 Å². The summed E-state index contributed by atoms with van der Waals surface area (Å²) in [5, 5.41) is 2.64. The number of nitrogens with one attached hydrogen (secondary N) is 1. The molecule has 0 aromatic heterocycles. The summed E-state index contributed by atoms with van der Waals surface area (Å²) in [5.74, 6) is -0.413. The lowest BCUT2D eigenvalue weighted by atomic mass is 10.1. The summed E-state index contributed by atoms with van der Waals surface area (Å²) in [7, 11) is -3.33. The van der Waals surface area contributed by atoms with Gasteiger partial charge in [-0.3, -0.25) is 4.79 Å². The van der Waals surface area contributed by atoms with Gasteiger partial charge in [0.1, 0.15) is 10.6 Å². The Morgan fingerprint density at radius 2 is 1.82 bits per heavy atom. The first kappa shape index (κ1) is 25.2. The SMILES string of the molecule is COc1ccc(C(=O)Nc2cccc(S(=O)(=O)N(C)C)c2)cc1S(=O)(=O)N1CCCC[C@H]1C. The third-order valence-electron chi connectivity index (χ3n) is 5.62. The van der Waals surface area contributed by atoms with Gasteiger partial charge in [-0.15, -0.1) is 0 Å². The number of anilines is 1. The fourth-order valence-electron chi connectivity index (χ4n) is 3.72. The number of benzene rings is 2. The minimum Gasteiger partial charge on any atom is -0.495 e. The molecule has 2 aromatic carbocycles. The Hall–Kier alpha value is -2.47. The molecule has 33 heavy (non-hydrogen) atoms. The van der Waals surface area contributed by atoms with Gasteiger partial charge in [0, 0.05) is 37.9 Å². The van der Waals surface area contributed by atoms with Crippen LogP contribution in [0.1, 0.15) is 36.5 Å². The first-order valence-corrected chi connectivity index (χ1v) is 13.4. The van der Waals surface area contributed by atoms with Crippen molar-refractivity contribution in [1.29, 1.82) is 0 Å². The molecule has 0 unspecified atom stereocenters. The smallest absolute Gasteiger partial charge is 0.255 e. The Bertz CT molecular complexity index is 1240. The van der Waals surface area contributed by atoms with E-state index >= 15 is 0 Å². The Kier molecular flexibility index (Phi) is 7.47. The van der Waals surface area contributed by atoms with Crippen LogP contribution < -0.4 is 10.1 Å². The Morgan fingerprint density at radius 1 is 1.09 bits per heavy atom. The molecule has 1 saturated heterocycles. The van der Waals surface area contributed by atoms with Gasteiger partial charge in [0.05, 0.1) is 12.0 Å². The minimum atomic E-state index is -3.87. The topological polar surface area (TPSA) is 113 Å². The van der Waals surface area contributed by atoms with Gasteiger partial charge >= 0.3 is 0 Å². The lowest BCUT2D eigenvalue weighted by Gasteiger charge is -2.32. The van der Waals surface area contributed by atoms with Gasteiger partial charge in [-0.2, -0.15) is 4.31 Å². The second kappa shape index (κ2) is 9.80. The van der Waals surface area contributed by atoms with Crippen molar-refractivity contribution in [3.05, 3.63) is 48.0 Å². The predicted octanol–water partition coefficient (Wildman–Crippen LogP) is 2.76. The minimum absolute atomic E-state index is 0.0300. The molecule has 2 aromatic rings. The standard InChI is InChI=1S/C22H29N3O6S2/c1-16-8-5-6-13-25(16)33(29,30)21-14-17(11-12-20(21)31-4)22(26)23-18-9-7-10-19(15-18)32(27,28)24(2)3/h7,9-12,14-16H,5-6,8,13H2,1-4H3,(H,23,26)/t16-/m1/s1.